The summed E-state index contributed by atoms with van der Waals surface area (Å²) in [5.41, 5.74) is 5.60. The van der Waals surface area contributed by atoms with Crippen LogP contribution >= 0.6 is 12.4 Å². The van der Waals surface area contributed by atoms with Crippen molar-refractivity contribution >= 4 is 24.2 Å². The third-order valence-electron chi connectivity index (χ3n) is 3.68. The fraction of sp³-hybridized carbons (Fsp3) is 0.467. The number of benzene rings is 1. The van der Waals surface area contributed by atoms with Crippen molar-refractivity contribution in [1.29, 1.82) is 0 Å². The fourth-order valence-electron chi connectivity index (χ4n) is 2.35. The molecule has 7 heteroatoms. The second-order valence-electron chi connectivity index (χ2n) is 5.14. The lowest BCUT2D eigenvalue weighted by atomic mass is 10.2. The Bertz CT molecular complexity index is 519. The van der Waals surface area contributed by atoms with Crippen molar-refractivity contribution in [3.8, 4) is 5.75 Å². The predicted octanol–water partition coefficient (Wildman–Crippen LogP) is 0.796. The molecular formula is C15H22ClN3O3. The summed E-state index contributed by atoms with van der Waals surface area (Å²) >= 11 is 0. The Balaban J connectivity index is 0.00000242. The van der Waals surface area contributed by atoms with Crippen LogP contribution in [0.1, 0.15) is 23.2 Å². The van der Waals surface area contributed by atoms with Gasteiger partial charge in [-0.2, -0.15) is 0 Å². The van der Waals surface area contributed by atoms with E-state index in [4.69, 9.17) is 10.5 Å². The molecule has 22 heavy (non-hydrogen) atoms. The van der Waals surface area contributed by atoms with E-state index < -0.39 is 5.91 Å². The minimum absolute atomic E-state index is 0. The minimum Gasteiger partial charge on any atom is -0.493 e. The number of hydrogen-bond acceptors (Lipinski definition) is 4. The number of rotatable bonds is 6. The molecule has 1 heterocycles. The van der Waals surface area contributed by atoms with E-state index >= 15 is 0 Å². The summed E-state index contributed by atoms with van der Waals surface area (Å²) in [6.45, 7) is 2.09. The minimum atomic E-state index is -0.495. The van der Waals surface area contributed by atoms with E-state index in [1.54, 1.807) is 29.2 Å². The SMILES string of the molecule is CN(C(=O)CCOc1cccc(C(N)=O)c1)C1CCNC1.Cl. The van der Waals surface area contributed by atoms with Crippen LogP contribution in [0.25, 0.3) is 0 Å². The van der Waals surface area contributed by atoms with E-state index in [0.29, 0.717) is 17.7 Å². The van der Waals surface area contributed by atoms with Crippen molar-refractivity contribution in [2.75, 3.05) is 26.7 Å². The number of primary amides is 1. The second kappa shape index (κ2) is 8.60. The molecule has 122 valence electrons. The number of amides is 2. The van der Waals surface area contributed by atoms with Gasteiger partial charge in [0.25, 0.3) is 0 Å². The number of likely N-dealkylation sites (N-methyl/N-ethyl adjacent to an activating group) is 1. The highest BCUT2D eigenvalue weighted by Crippen LogP contribution is 2.14. The maximum atomic E-state index is 12.0. The van der Waals surface area contributed by atoms with Gasteiger partial charge in [-0.25, -0.2) is 0 Å². The lowest BCUT2D eigenvalue weighted by molar-refractivity contribution is -0.132. The van der Waals surface area contributed by atoms with Gasteiger partial charge < -0.3 is 20.7 Å². The molecule has 1 aliphatic heterocycles. The van der Waals surface area contributed by atoms with E-state index in [2.05, 4.69) is 5.32 Å². The highest BCUT2D eigenvalue weighted by Gasteiger charge is 2.22. The van der Waals surface area contributed by atoms with Crippen LogP contribution in [0.5, 0.6) is 5.75 Å². The Morgan fingerprint density at radius 3 is 2.86 bits per heavy atom. The molecule has 0 bridgehead atoms. The van der Waals surface area contributed by atoms with Crippen molar-refractivity contribution in [3.63, 3.8) is 0 Å². The third-order valence-corrected chi connectivity index (χ3v) is 3.68. The third kappa shape index (κ3) is 4.89. The summed E-state index contributed by atoms with van der Waals surface area (Å²) in [5, 5.41) is 3.24. The number of nitrogens with two attached hydrogens (primary N) is 1. The van der Waals surface area contributed by atoms with Crippen LogP contribution in [-0.4, -0.2) is 49.5 Å². The summed E-state index contributed by atoms with van der Waals surface area (Å²) in [6.07, 6.45) is 1.30. The Kier molecular flexibility index (Phi) is 7.14. The van der Waals surface area contributed by atoms with Crippen LogP contribution in [0.2, 0.25) is 0 Å². The number of ether oxygens (including phenoxy) is 1. The van der Waals surface area contributed by atoms with E-state index in [-0.39, 0.29) is 31.0 Å². The molecule has 1 saturated heterocycles. The highest BCUT2D eigenvalue weighted by molar-refractivity contribution is 5.93. The largest absolute Gasteiger partial charge is 0.493 e. The molecule has 0 aromatic heterocycles. The van der Waals surface area contributed by atoms with Crippen molar-refractivity contribution in [2.45, 2.75) is 18.9 Å². The molecule has 1 fully saturated rings. The Morgan fingerprint density at radius 1 is 1.45 bits per heavy atom. The first-order valence-electron chi connectivity index (χ1n) is 7.07. The summed E-state index contributed by atoms with van der Waals surface area (Å²) in [4.78, 5) is 24.9. The number of hydrogen-bond donors (Lipinski definition) is 2. The zero-order valence-corrected chi connectivity index (χ0v) is 13.4. The first-order chi connectivity index (χ1) is 10.1. The van der Waals surface area contributed by atoms with Gasteiger partial charge in [0.15, 0.2) is 0 Å². The normalized spacial score (nSPS) is 16.7. The maximum Gasteiger partial charge on any atom is 0.248 e. The topological polar surface area (TPSA) is 84.7 Å². The van der Waals surface area contributed by atoms with E-state index in [9.17, 15) is 9.59 Å². The lowest BCUT2D eigenvalue weighted by Crippen LogP contribution is -2.38. The molecule has 2 rings (SSSR count). The standard InChI is InChI=1S/C15H21N3O3.ClH/c1-18(12-5-7-17-10-12)14(19)6-8-21-13-4-2-3-11(9-13)15(16)20;/h2-4,9,12,17H,5-8,10H2,1H3,(H2,16,20);1H. The van der Waals surface area contributed by atoms with Crippen molar-refractivity contribution < 1.29 is 14.3 Å². The van der Waals surface area contributed by atoms with Gasteiger partial charge in [-0.1, -0.05) is 6.07 Å². The smallest absolute Gasteiger partial charge is 0.248 e. The molecule has 0 saturated carbocycles. The lowest BCUT2D eigenvalue weighted by Gasteiger charge is -2.23. The number of nitrogens with one attached hydrogen (secondary N) is 1. The Labute approximate surface area is 136 Å². The van der Waals surface area contributed by atoms with Gasteiger partial charge in [-0.15, -0.1) is 12.4 Å². The fourth-order valence-corrected chi connectivity index (χ4v) is 2.35. The molecule has 0 radical (unpaired) electrons. The van der Waals surface area contributed by atoms with Gasteiger partial charge >= 0.3 is 0 Å². The number of carbonyl (C=O) groups is 2. The van der Waals surface area contributed by atoms with E-state index in [1.165, 1.54) is 0 Å². The first-order valence-corrected chi connectivity index (χ1v) is 7.07. The van der Waals surface area contributed by atoms with Crippen LogP contribution in [0, 0.1) is 0 Å². The Hall–Kier alpha value is -1.79. The molecule has 1 aromatic carbocycles. The average molecular weight is 328 g/mol. The molecule has 0 spiro atoms. The highest BCUT2D eigenvalue weighted by atomic mass is 35.5. The van der Waals surface area contributed by atoms with Crippen molar-refractivity contribution in [3.05, 3.63) is 29.8 Å². The number of halogens is 1. The molecule has 1 aromatic rings. The van der Waals surface area contributed by atoms with Gasteiger partial charge in [-0.3, -0.25) is 9.59 Å². The van der Waals surface area contributed by atoms with Gasteiger partial charge in [-0.05, 0) is 31.2 Å². The molecule has 2 amide bonds. The van der Waals surface area contributed by atoms with Crippen LogP contribution in [-0.2, 0) is 4.79 Å². The summed E-state index contributed by atoms with van der Waals surface area (Å²) < 4.78 is 5.51. The average Bonchev–Trinajstić information content (AvgIpc) is 3.00. The van der Waals surface area contributed by atoms with Crippen LogP contribution in [0.15, 0.2) is 24.3 Å². The van der Waals surface area contributed by atoms with Crippen LogP contribution in [0.3, 0.4) is 0 Å². The molecule has 6 nitrogen and oxygen atoms in total. The van der Waals surface area contributed by atoms with E-state index in [1.807, 2.05) is 7.05 Å². The number of nitrogens with zero attached hydrogens (tertiary/aromatic N) is 1. The maximum absolute atomic E-state index is 12.0. The van der Waals surface area contributed by atoms with Crippen molar-refractivity contribution in [2.24, 2.45) is 5.73 Å². The van der Waals surface area contributed by atoms with Gasteiger partial charge in [0, 0.05) is 25.2 Å². The van der Waals surface area contributed by atoms with E-state index in [0.717, 1.165) is 19.5 Å². The molecule has 1 unspecified atom stereocenters. The molecule has 1 aliphatic rings. The second-order valence-corrected chi connectivity index (χ2v) is 5.14. The first kappa shape index (κ1) is 18.3. The van der Waals surface area contributed by atoms with Crippen molar-refractivity contribution in [1.82, 2.24) is 10.2 Å². The van der Waals surface area contributed by atoms with Crippen LogP contribution < -0.4 is 15.8 Å². The quantitative estimate of drug-likeness (QED) is 0.809. The van der Waals surface area contributed by atoms with Gasteiger partial charge in [0.05, 0.1) is 13.0 Å². The van der Waals surface area contributed by atoms with Gasteiger partial charge in [0.2, 0.25) is 11.8 Å². The predicted molar refractivity (Wildman–Crippen MR) is 86.4 cm³/mol. The molecule has 0 aliphatic carbocycles. The zero-order chi connectivity index (χ0) is 15.2. The summed E-state index contributed by atoms with van der Waals surface area (Å²) in [7, 11) is 1.83. The van der Waals surface area contributed by atoms with Gasteiger partial charge in [0.1, 0.15) is 5.75 Å². The molecule has 3 N–H and O–H groups in total. The molecular weight excluding hydrogens is 306 g/mol. The Morgan fingerprint density at radius 2 is 2.23 bits per heavy atom. The van der Waals surface area contributed by atoms with Crippen LogP contribution in [0.4, 0.5) is 0 Å². The summed E-state index contributed by atoms with van der Waals surface area (Å²) in [5.74, 6) is 0.115. The number of carbonyl (C=O) groups excluding carboxylic acids is 2. The molecule has 1 atom stereocenters. The summed E-state index contributed by atoms with van der Waals surface area (Å²) in [6, 6.07) is 6.92. The monoisotopic (exact) mass is 327 g/mol. The zero-order valence-electron chi connectivity index (χ0n) is 12.6.